The number of hydrogen-bond donors (Lipinski definition) is 1. The summed E-state index contributed by atoms with van der Waals surface area (Å²) in [4.78, 5) is 1.20. The molecule has 0 spiro atoms. The van der Waals surface area contributed by atoms with E-state index in [0.717, 1.165) is 30.3 Å². The molecule has 1 aromatic rings. The van der Waals surface area contributed by atoms with E-state index in [2.05, 4.69) is 17.4 Å². The van der Waals surface area contributed by atoms with E-state index in [-0.39, 0.29) is 0 Å². The summed E-state index contributed by atoms with van der Waals surface area (Å²) in [5.74, 6) is 0. The van der Waals surface area contributed by atoms with Crippen LogP contribution in [0.2, 0.25) is 5.02 Å². The highest BCUT2D eigenvalue weighted by Gasteiger charge is 2.00. The number of benzene rings is 1. The zero-order valence-corrected chi connectivity index (χ0v) is 10.6. The van der Waals surface area contributed by atoms with Crippen molar-refractivity contribution in [2.24, 2.45) is 0 Å². The molecule has 1 aromatic carbocycles. The van der Waals surface area contributed by atoms with Gasteiger partial charge in [0.05, 0.1) is 6.61 Å². The molecule has 0 aromatic heterocycles. The van der Waals surface area contributed by atoms with Crippen LogP contribution in [0.25, 0.3) is 0 Å². The maximum Gasteiger partial charge on any atom is 0.0587 e. The number of rotatable bonds is 6. The minimum Gasteiger partial charge on any atom is -0.383 e. The smallest absolute Gasteiger partial charge is 0.0587 e. The van der Waals surface area contributed by atoms with E-state index < -0.39 is 0 Å². The Morgan fingerprint density at radius 1 is 1.47 bits per heavy atom. The summed E-state index contributed by atoms with van der Waals surface area (Å²) in [6.45, 7) is 2.36. The molecule has 0 fully saturated rings. The average Bonchev–Trinajstić information content (AvgIpc) is 2.26. The molecule has 1 N–H and O–H groups in total. The van der Waals surface area contributed by atoms with Crippen molar-refractivity contribution in [3.8, 4) is 0 Å². The van der Waals surface area contributed by atoms with E-state index in [0.29, 0.717) is 0 Å². The van der Waals surface area contributed by atoms with Crippen LogP contribution < -0.4 is 5.32 Å². The second kappa shape index (κ2) is 7.12. The van der Waals surface area contributed by atoms with Crippen molar-refractivity contribution in [3.05, 3.63) is 28.8 Å². The highest BCUT2D eigenvalue weighted by molar-refractivity contribution is 7.98. The molecule has 15 heavy (non-hydrogen) atoms. The minimum atomic E-state index is 0.723. The van der Waals surface area contributed by atoms with Gasteiger partial charge in [-0.2, -0.15) is 0 Å². The van der Waals surface area contributed by atoms with E-state index in [9.17, 15) is 0 Å². The first-order valence-electron chi connectivity index (χ1n) is 4.80. The monoisotopic (exact) mass is 245 g/mol. The summed E-state index contributed by atoms with van der Waals surface area (Å²) in [5, 5.41) is 4.09. The maximum atomic E-state index is 6.14. The van der Waals surface area contributed by atoms with Crippen LogP contribution in [0.5, 0.6) is 0 Å². The molecule has 1 rings (SSSR count). The van der Waals surface area contributed by atoms with Gasteiger partial charge >= 0.3 is 0 Å². The molecule has 0 atom stereocenters. The van der Waals surface area contributed by atoms with E-state index in [1.165, 1.54) is 4.90 Å². The molecule has 2 nitrogen and oxygen atoms in total. The van der Waals surface area contributed by atoms with E-state index in [1.807, 2.05) is 12.3 Å². The molecule has 4 heteroatoms. The summed E-state index contributed by atoms with van der Waals surface area (Å²) < 4.78 is 4.95. The van der Waals surface area contributed by atoms with Crippen LogP contribution in [-0.4, -0.2) is 26.5 Å². The van der Waals surface area contributed by atoms with Crippen molar-refractivity contribution in [2.75, 3.05) is 26.5 Å². The Bertz CT molecular complexity index is 307. The molecule has 0 bridgehead atoms. The zero-order chi connectivity index (χ0) is 11.1. The Morgan fingerprint density at radius 3 is 2.87 bits per heavy atom. The summed E-state index contributed by atoms with van der Waals surface area (Å²) in [6, 6.07) is 6.15. The number of nitrogens with one attached hydrogen (secondary N) is 1. The van der Waals surface area contributed by atoms with Crippen LogP contribution in [0.1, 0.15) is 5.56 Å². The summed E-state index contributed by atoms with van der Waals surface area (Å²) >= 11 is 7.84. The Balaban J connectivity index is 2.47. The van der Waals surface area contributed by atoms with E-state index >= 15 is 0 Å². The molecule has 0 amide bonds. The van der Waals surface area contributed by atoms with Crippen molar-refractivity contribution in [1.29, 1.82) is 0 Å². The number of ether oxygens (including phenoxy) is 1. The zero-order valence-electron chi connectivity index (χ0n) is 9.05. The lowest BCUT2D eigenvalue weighted by Gasteiger charge is -2.07. The number of methoxy groups -OCH3 is 1. The molecule has 0 radical (unpaired) electrons. The van der Waals surface area contributed by atoms with Gasteiger partial charge in [0.25, 0.3) is 0 Å². The molecule has 0 heterocycles. The van der Waals surface area contributed by atoms with Crippen molar-refractivity contribution in [3.63, 3.8) is 0 Å². The lowest BCUT2D eigenvalue weighted by Crippen LogP contribution is -2.18. The first-order chi connectivity index (χ1) is 7.27. The van der Waals surface area contributed by atoms with Gasteiger partial charge in [0.2, 0.25) is 0 Å². The Morgan fingerprint density at radius 2 is 2.27 bits per heavy atom. The van der Waals surface area contributed by atoms with Crippen LogP contribution in [0.4, 0.5) is 0 Å². The molecular formula is C11H16ClNOS. The average molecular weight is 246 g/mol. The van der Waals surface area contributed by atoms with Crippen molar-refractivity contribution in [1.82, 2.24) is 5.32 Å². The molecular weight excluding hydrogens is 230 g/mol. The second-order valence-electron chi connectivity index (χ2n) is 3.13. The van der Waals surface area contributed by atoms with Gasteiger partial charge in [0.15, 0.2) is 0 Å². The normalized spacial score (nSPS) is 10.6. The quantitative estimate of drug-likeness (QED) is 0.615. The third kappa shape index (κ3) is 4.43. The SMILES string of the molecule is COCCNCc1ccc(SC)cc1Cl. The third-order valence-electron chi connectivity index (χ3n) is 2.06. The van der Waals surface area contributed by atoms with Crippen LogP contribution in [0.15, 0.2) is 23.1 Å². The molecule has 0 unspecified atom stereocenters. The number of hydrogen-bond acceptors (Lipinski definition) is 3. The molecule has 0 aliphatic heterocycles. The fourth-order valence-electron chi connectivity index (χ4n) is 1.20. The minimum absolute atomic E-state index is 0.723. The van der Waals surface area contributed by atoms with Gasteiger partial charge in [0, 0.05) is 30.1 Å². The Kier molecular flexibility index (Phi) is 6.10. The second-order valence-corrected chi connectivity index (χ2v) is 4.41. The van der Waals surface area contributed by atoms with Gasteiger partial charge in [-0.1, -0.05) is 17.7 Å². The summed E-state index contributed by atoms with van der Waals surface area (Å²) in [6.07, 6.45) is 2.04. The van der Waals surface area contributed by atoms with Crippen LogP contribution >= 0.6 is 23.4 Å². The maximum absolute atomic E-state index is 6.14. The van der Waals surface area contributed by atoms with Crippen molar-refractivity contribution in [2.45, 2.75) is 11.4 Å². The van der Waals surface area contributed by atoms with Crippen LogP contribution in [0.3, 0.4) is 0 Å². The van der Waals surface area contributed by atoms with Crippen molar-refractivity contribution < 1.29 is 4.74 Å². The van der Waals surface area contributed by atoms with E-state index in [4.69, 9.17) is 16.3 Å². The lowest BCUT2D eigenvalue weighted by molar-refractivity contribution is 0.199. The highest BCUT2D eigenvalue weighted by Crippen LogP contribution is 2.23. The van der Waals surface area contributed by atoms with Crippen LogP contribution in [0, 0.1) is 0 Å². The molecule has 0 aliphatic rings. The first kappa shape index (κ1) is 12.8. The van der Waals surface area contributed by atoms with Gasteiger partial charge in [-0.25, -0.2) is 0 Å². The first-order valence-corrected chi connectivity index (χ1v) is 6.40. The van der Waals surface area contributed by atoms with Gasteiger partial charge in [0.1, 0.15) is 0 Å². The predicted molar refractivity (Wildman–Crippen MR) is 66.8 cm³/mol. The molecule has 0 aliphatic carbocycles. The number of thioether (sulfide) groups is 1. The van der Waals surface area contributed by atoms with Gasteiger partial charge in [-0.15, -0.1) is 11.8 Å². The van der Waals surface area contributed by atoms with Crippen LogP contribution in [-0.2, 0) is 11.3 Å². The fourth-order valence-corrected chi connectivity index (χ4v) is 1.95. The molecule has 84 valence electrons. The van der Waals surface area contributed by atoms with Gasteiger partial charge < -0.3 is 10.1 Å². The Hall–Kier alpha value is -0.220. The topological polar surface area (TPSA) is 21.3 Å². The van der Waals surface area contributed by atoms with Gasteiger partial charge in [-0.05, 0) is 24.0 Å². The number of halogens is 1. The lowest BCUT2D eigenvalue weighted by atomic mass is 10.2. The van der Waals surface area contributed by atoms with Gasteiger partial charge in [-0.3, -0.25) is 0 Å². The largest absolute Gasteiger partial charge is 0.383 e. The summed E-state index contributed by atoms with van der Waals surface area (Å²) in [7, 11) is 1.70. The Labute approximate surface area is 100 Å². The fraction of sp³-hybridized carbons (Fsp3) is 0.455. The third-order valence-corrected chi connectivity index (χ3v) is 3.14. The molecule has 0 saturated heterocycles. The molecule has 0 saturated carbocycles. The predicted octanol–water partition coefficient (Wildman–Crippen LogP) is 2.80. The highest BCUT2D eigenvalue weighted by atomic mass is 35.5. The standard InChI is InChI=1S/C11H16ClNOS/c1-14-6-5-13-8-9-3-4-10(15-2)7-11(9)12/h3-4,7,13H,5-6,8H2,1-2H3. The summed E-state index contributed by atoms with van der Waals surface area (Å²) in [5.41, 5.74) is 1.13. The van der Waals surface area contributed by atoms with E-state index in [1.54, 1.807) is 18.9 Å². The van der Waals surface area contributed by atoms with Crippen molar-refractivity contribution >= 4 is 23.4 Å².